The van der Waals surface area contributed by atoms with Gasteiger partial charge in [-0.2, -0.15) is 0 Å². The van der Waals surface area contributed by atoms with Crippen molar-refractivity contribution in [3.8, 4) is 11.5 Å². The molecule has 1 aromatic rings. The van der Waals surface area contributed by atoms with Gasteiger partial charge in [0, 0.05) is 17.6 Å². The van der Waals surface area contributed by atoms with Crippen LogP contribution >= 0.6 is 0 Å². The van der Waals surface area contributed by atoms with Crippen molar-refractivity contribution in [2.45, 2.75) is 24.8 Å². The highest BCUT2D eigenvalue weighted by Gasteiger charge is 2.32. The van der Waals surface area contributed by atoms with Gasteiger partial charge < -0.3 is 20.5 Å². The van der Waals surface area contributed by atoms with Gasteiger partial charge >= 0.3 is 0 Å². The summed E-state index contributed by atoms with van der Waals surface area (Å²) in [5.41, 5.74) is 6.43. The fraction of sp³-hybridized carbons (Fsp3) is 0.462. The highest BCUT2D eigenvalue weighted by atomic mass is 16.7. The summed E-state index contributed by atoms with van der Waals surface area (Å²) >= 11 is 0. The maximum absolute atomic E-state index is 12.0. The number of ether oxygens (including phenoxy) is 2. The van der Waals surface area contributed by atoms with Crippen molar-refractivity contribution in [2.24, 2.45) is 5.73 Å². The Kier molecular flexibility index (Phi) is 2.63. The Hall–Kier alpha value is -1.75. The van der Waals surface area contributed by atoms with Gasteiger partial charge in [0.2, 0.25) is 6.79 Å². The molecule has 2 aliphatic rings. The van der Waals surface area contributed by atoms with Crippen LogP contribution in [0, 0.1) is 0 Å². The van der Waals surface area contributed by atoms with Crippen LogP contribution in [0.5, 0.6) is 11.5 Å². The second kappa shape index (κ2) is 4.17. The van der Waals surface area contributed by atoms with Crippen molar-refractivity contribution in [1.29, 1.82) is 0 Å². The van der Waals surface area contributed by atoms with Crippen molar-refractivity contribution in [2.75, 3.05) is 13.3 Å². The molecule has 1 aliphatic carbocycles. The average Bonchev–Trinajstić information content (AvgIpc) is 2.80. The van der Waals surface area contributed by atoms with Crippen LogP contribution in [-0.2, 0) is 0 Å². The summed E-state index contributed by atoms with van der Waals surface area (Å²) in [4.78, 5) is 12.0. The molecule has 5 nitrogen and oxygen atoms in total. The largest absolute Gasteiger partial charge is 0.454 e. The molecular formula is C13H16N2O3. The lowest BCUT2D eigenvalue weighted by Crippen LogP contribution is -2.54. The van der Waals surface area contributed by atoms with Crippen LogP contribution in [0.2, 0.25) is 0 Å². The van der Waals surface area contributed by atoms with Gasteiger partial charge in [-0.25, -0.2) is 0 Å². The molecule has 1 heterocycles. The lowest BCUT2D eigenvalue weighted by atomic mass is 9.78. The number of rotatable bonds is 3. The maximum atomic E-state index is 12.0. The smallest absolute Gasteiger partial charge is 0.251 e. The highest BCUT2D eigenvalue weighted by Crippen LogP contribution is 2.32. The van der Waals surface area contributed by atoms with Crippen molar-refractivity contribution in [3.05, 3.63) is 23.8 Å². The quantitative estimate of drug-likeness (QED) is 0.837. The number of nitrogens with two attached hydrogens (primary N) is 1. The molecule has 3 rings (SSSR count). The fourth-order valence-electron chi connectivity index (χ4n) is 2.20. The van der Waals surface area contributed by atoms with Gasteiger partial charge in [0.1, 0.15) is 0 Å². The number of fused-ring (bicyclic) bond motifs is 1. The van der Waals surface area contributed by atoms with E-state index < -0.39 is 0 Å². The van der Waals surface area contributed by atoms with Crippen LogP contribution in [0.1, 0.15) is 29.6 Å². The third-order valence-electron chi connectivity index (χ3n) is 3.59. The zero-order valence-electron chi connectivity index (χ0n) is 10.1. The second-order valence-electron chi connectivity index (χ2n) is 4.97. The van der Waals surface area contributed by atoms with E-state index in [1.807, 2.05) is 0 Å². The molecule has 3 N–H and O–H groups in total. The highest BCUT2D eigenvalue weighted by molar-refractivity contribution is 5.95. The molecule has 1 saturated carbocycles. The average molecular weight is 248 g/mol. The lowest BCUT2D eigenvalue weighted by Gasteiger charge is -2.38. The Bertz CT molecular complexity index is 483. The lowest BCUT2D eigenvalue weighted by molar-refractivity contribution is 0.0929. The Morgan fingerprint density at radius 2 is 2.11 bits per heavy atom. The molecule has 0 atom stereocenters. The van der Waals surface area contributed by atoms with E-state index >= 15 is 0 Å². The van der Waals surface area contributed by atoms with E-state index in [0.717, 1.165) is 19.3 Å². The summed E-state index contributed by atoms with van der Waals surface area (Å²) in [6.07, 6.45) is 3.11. The summed E-state index contributed by atoms with van der Waals surface area (Å²) in [6, 6.07) is 5.17. The zero-order valence-corrected chi connectivity index (χ0v) is 10.1. The molecule has 1 amide bonds. The topological polar surface area (TPSA) is 73.6 Å². The minimum absolute atomic E-state index is 0.120. The Balaban J connectivity index is 1.65. The van der Waals surface area contributed by atoms with Gasteiger partial charge in [-0.1, -0.05) is 0 Å². The van der Waals surface area contributed by atoms with Gasteiger partial charge in [0.25, 0.3) is 5.91 Å². The monoisotopic (exact) mass is 248 g/mol. The molecule has 0 bridgehead atoms. The molecule has 0 unspecified atom stereocenters. The Morgan fingerprint density at radius 3 is 2.83 bits per heavy atom. The normalized spacial score (nSPS) is 19.2. The molecule has 1 fully saturated rings. The van der Waals surface area contributed by atoms with Crippen molar-refractivity contribution in [1.82, 2.24) is 5.32 Å². The van der Waals surface area contributed by atoms with E-state index in [2.05, 4.69) is 5.32 Å². The summed E-state index contributed by atoms with van der Waals surface area (Å²) in [6.45, 7) is 0.743. The number of benzene rings is 1. The Labute approximate surface area is 105 Å². The summed E-state index contributed by atoms with van der Waals surface area (Å²) in [5.74, 6) is 1.18. The van der Waals surface area contributed by atoms with Crippen LogP contribution in [0.3, 0.4) is 0 Å². The molecule has 0 radical (unpaired) electrons. The van der Waals surface area contributed by atoms with Crippen LogP contribution in [0.15, 0.2) is 18.2 Å². The molecule has 1 aliphatic heterocycles. The number of amides is 1. The van der Waals surface area contributed by atoms with E-state index in [-0.39, 0.29) is 18.2 Å². The zero-order chi connectivity index (χ0) is 12.6. The number of carbonyl (C=O) groups excluding carboxylic acids is 1. The van der Waals surface area contributed by atoms with Gasteiger partial charge in [0.05, 0.1) is 0 Å². The van der Waals surface area contributed by atoms with Crippen LogP contribution < -0.4 is 20.5 Å². The predicted octanol–water partition coefficient (Wildman–Crippen LogP) is 1.03. The molecule has 0 spiro atoms. The summed E-state index contributed by atoms with van der Waals surface area (Å²) in [5, 5.41) is 2.87. The van der Waals surface area contributed by atoms with Gasteiger partial charge in [0.15, 0.2) is 11.5 Å². The number of nitrogens with one attached hydrogen (secondary N) is 1. The van der Waals surface area contributed by atoms with Crippen LogP contribution in [0.25, 0.3) is 0 Å². The number of carbonyl (C=O) groups is 1. The molecule has 96 valence electrons. The summed E-state index contributed by atoms with van der Waals surface area (Å²) in [7, 11) is 0. The first-order valence-electron chi connectivity index (χ1n) is 6.13. The molecular weight excluding hydrogens is 232 g/mol. The Morgan fingerprint density at radius 1 is 1.33 bits per heavy atom. The molecule has 0 saturated heterocycles. The third kappa shape index (κ3) is 2.01. The standard InChI is InChI=1S/C13H16N2O3/c14-13(4-1-5-13)7-15-12(16)9-2-3-10-11(6-9)18-8-17-10/h2-3,6H,1,4-5,7-8,14H2,(H,15,16). The number of hydrogen-bond acceptors (Lipinski definition) is 4. The third-order valence-corrected chi connectivity index (χ3v) is 3.59. The van der Waals surface area contributed by atoms with Crippen molar-refractivity contribution >= 4 is 5.91 Å². The second-order valence-corrected chi connectivity index (χ2v) is 4.97. The maximum Gasteiger partial charge on any atom is 0.251 e. The first-order chi connectivity index (χ1) is 8.66. The molecule has 0 aromatic heterocycles. The van der Waals surface area contributed by atoms with E-state index in [4.69, 9.17) is 15.2 Å². The minimum Gasteiger partial charge on any atom is -0.454 e. The van der Waals surface area contributed by atoms with Gasteiger partial charge in [-0.15, -0.1) is 0 Å². The van der Waals surface area contributed by atoms with Crippen LogP contribution in [-0.4, -0.2) is 24.8 Å². The van der Waals surface area contributed by atoms with E-state index in [0.29, 0.717) is 23.6 Å². The van der Waals surface area contributed by atoms with Gasteiger partial charge in [-0.3, -0.25) is 4.79 Å². The molecule has 1 aromatic carbocycles. The molecule has 5 heteroatoms. The number of hydrogen-bond donors (Lipinski definition) is 2. The minimum atomic E-state index is -0.202. The van der Waals surface area contributed by atoms with E-state index in [9.17, 15) is 4.79 Å². The fourth-order valence-corrected chi connectivity index (χ4v) is 2.20. The summed E-state index contributed by atoms with van der Waals surface area (Å²) < 4.78 is 10.4. The van der Waals surface area contributed by atoms with Crippen molar-refractivity contribution in [3.63, 3.8) is 0 Å². The first-order valence-corrected chi connectivity index (χ1v) is 6.13. The van der Waals surface area contributed by atoms with Crippen molar-refractivity contribution < 1.29 is 14.3 Å². The van der Waals surface area contributed by atoms with E-state index in [1.54, 1.807) is 18.2 Å². The van der Waals surface area contributed by atoms with Gasteiger partial charge in [-0.05, 0) is 37.5 Å². The van der Waals surface area contributed by atoms with E-state index in [1.165, 1.54) is 0 Å². The molecule has 18 heavy (non-hydrogen) atoms. The first kappa shape index (κ1) is 11.3. The SMILES string of the molecule is NC1(CNC(=O)c2ccc3c(c2)OCO3)CCC1. The van der Waals surface area contributed by atoms with Crippen LogP contribution in [0.4, 0.5) is 0 Å². The predicted molar refractivity (Wildman–Crippen MR) is 65.7 cm³/mol.